The summed E-state index contributed by atoms with van der Waals surface area (Å²) in [5, 5.41) is 11.0. The molecule has 1 N–H and O–H groups in total. The maximum Gasteiger partial charge on any atom is 0.411 e. The van der Waals surface area contributed by atoms with Crippen LogP contribution >= 0.6 is 0 Å². The van der Waals surface area contributed by atoms with Gasteiger partial charge in [-0.2, -0.15) is 18.4 Å². The third-order valence-corrected chi connectivity index (χ3v) is 2.69. The molecule has 5 heteroatoms. The minimum Gasteiger partial charge on any atom is -0.372 e. The van der Waals surface area contributed by atoms with Crippen molar-refractivity contribution in [2.24, 2.45) is 0 Å². The van der Waals surface area contributed by atoms with Crippen molar-refractivity contribution in [2.75, 3.05) is 5.32 Å². The fraction of sp³-hybridized carbons (Fsp3) is 0.364. The zero-order valence-corrected chi connectivity index (χ0v) is 8.30. The third-order valence-electron chi connectivity index (χ3n) is 2.69. The highest BCUT2D eigenvalue weighted by molar-refractivity contribution is 5.51. The van der Waals surface area contributed by atoms with E-state index in [1.807, 2.05) is 6.07 Å². The van der Waals surface area contributed by atoms with Gasteiger partial charge in [-0.1, -0.05) is 0 Å². The lowest BCUT2D eigenvalue weighted by Crippen LogP contribution is -2.38. The van der Waals surface area contributed by atoms with Crippen molar-refractivity contribution in [2.45, 2.75) is 24.6 Å². The first-order valence-corrected chi connectivity index (χ1v) is 4.82. The Hall–Kier alpha value is -1.70. The molecule has 1 aliphatic rings. The van der Waals surface area contributed by atoms with Crippen molar-refractivity contribution in [3.63, 3.8) is 0 Å². The number of rotatable bonds is 2. The molecule has 0 atom stereocenters. The molecule has 1 aromatic rings. The standard InChI is InChI=1S/C11H9F3N2/c12-11(13,14)10(5-6-10)16-9-3-1-8(7-15)2-4-9/h1-4,16H,5-6H2. The predicted octanol–water partition coefficient (Wildman–Crippen LogP) is 3.07. The van der Waals surface area contributed by atoms with Crippen LogP contribution in [0.25, 0.3) is 0 Å². The second kappa shape index (κ2) is 3.41. The quantitative estimate of drug-likeness (QED) is 0.841. The molecular weight excluding hydrogens is 217 g/mol. The van der Waals surface area contributed by atoms with Crippen LogP contribution in [-0.2, 0) is 0 Å². The van der Waals surface area contributed by atoms with Gasteiger partial charge >= 0.3 is 6.18 Å². The third kappa shape index (κ3) is 1.83. The van der Waals surface area contributed by atoms with Crippen LogP contribution < -0.4 is 5.32 Å². The van der Waals surface area contributed by atoms with Crippen molar-refractivity contribution in [3.05, 3.63) is 29.8 Å². The lowest BCUT2D eigenvalue weighted by molar-refractivity contribution is -0.151. The number of alkyl halides is 3. The van der Waals surface area contributed by atoms with Gasteiger partial charge in [0.2, 0.25) is 0 Å². The van der Waals surface area contributed by atoms with Gasteiger partial charge in [-0.25, -0.2) is 0 Å². The summed E-state index contributed by atoms with van der Waals surface area (Å²) in [5.74, 6) is 0. The highest BCUT2D eigenvalue weighted by Gasteiger charge is 2.63. The number of nitrogens with one attached hydrogen (secondary N) is 1. The van der Waals surface area contributed by atoms with Crippen LogP contribution in [0.2, 0.25) is 0 Å². The van der Waals surface area contributed by atoms with Crippen molar-refractivity contribution in [1.82, 2.24) is 0 Å². The summed E-state index contributed by atoms with van der Waals surface area (Å²) in [5.41, 5.74) is -0.919. The molecule has 0 saturated heterocycles. The molecule has 0 radical (unpaired) electrons. The highest BCUT2D eigenvalue weighted by Crippen LogP contribution is 2.51. The highest BCUT2D eigenvalue weighted by atomic mass is 19.4. The van der Waals surface area contributed by atoms with Crippen LogP contribution in [0, 0.1) is 11.3 Å². The number of hydrogen-bond acceptors (Lipinski definition) is 2. The molecule has 16 heavy (non-hydrogen) atoms. The van der Waals surface area contributed by atoms with E-state index in [0.29, 0.717) is 11.3 Å². The molecule has 1 saturated carbocycles. The topological polar surface area (TPSA) is 35.8 Å². The molecule has 0 amide bonds. The Morgan fingerprint density at radius 1 is 1.19 bits per heavy atom. The van der Waals surface area contributed by atoms with Gasteiger partial charge < -0.3 is 5.32 Å². The Morgan fingerprint density at radius 2 is 1.75 bits per heavy atom. The van der Waals surface area contributed by atoms with Gasteiger partial charge in [-0.3, -0.25) is 0 Å². The van der Waals surface area contributed by atoms with Crippen LogP contribution in [0.15, 0.2) is 24.3 Å². The maximum absolute atomic E-state index is 12.6. The second-order valence-corrected chi connectivity index (χ2v) is 3.89. The van der Waals surface area contributed by atoms with Crippen LogP contribution in [-0.4, -0.2) is 11.7 Å². The molecule has 1 aliphatic carbocycles. The van der Waals surface area contributed by atoms with E-state index in [1.54, 1.807) is 0 Å². The molecule has 84 valence electrons. The monoisotopic (exact) mass is 226 g/mol. The Bertz CT molecular complexity index is 424. The van der Waals surface area contributed by atoms with Gasteiger partial charge in [0.25, 0.3) is 0 Å². The van der Waals surface area contributed by atoms with E-state index in [0.717, 1.165) is 0 Å². The van der Waals surface area contributed by atoms with E-state index < -0.39 is 11.7 Å². The summed E-state index contributed by atoms with van der Waals surface area (Å²) in [6.07, 6.45) is -4.01. The van der Waals surface area contributed by atoms with Crippen molar-refractivity contribution in [3.8, 4) is 6.07 Å². The molecule has 0 bridgehead atoms. The minimum absolute atomic E-state index is 0.108. The average Bonchev–Trinajstić information content (AvgIpc) is 2.99. The Kier molecular flexibility index (Phi) is 2.30. The van der Waals surface area contributed by atoms with Gasteiger partial charge in [0.1, 0.15) is 5.54 Å². The van der Waals surface area contributed by atoms with Crippen molar-refractivity contribution >= 4 is 5.69 Å². The molecule has 2 nitrogen and oxygen atoms in total. The van der Waals surface area contributed by atoms with Gasteiger partial charge in [0, 0.05) is 5.69 Å². The summed E-state index contributed by atoms with van der Waals surface area (Å²) in [4.78, 5) is 0. The largest absolute Gasteiger partial charge is 0.411 e. The van der Waals surface area contributed by atoms with Crippen LogP contribution in [0.3, 0.4) is 0 Å². The summed E-state index contributed by atoms with van der Waals surface area (Å²) in [7, 11) is 0. The van der Waals surface area contributed by atoms with Gasteiger partial charge in [-0.15, -0.1) is 0 Å². The molecule has 0 aromatic heterocycles. The molecule has 0 aliphatic heterocycles. The van der Waals surface area contributed by atoms with Crippen LogP contribution in [0.1, 0.15) is 18.4 Å². The van der Waals surface area contributed by atoms with E-state index in [1.165, 1.54) is 24.3 Å². The minimum atomic E-state index is -4.22. The zero-order chi connectivity index (χ0) is 11.8. The Labute approximate surface area is 90.7 Å². The predicted molar refractivity (Wildman–Crippen MR) is 52.8 cm³/mol. The molecular formula is C11H9F3N2. The SMILES string of the molecule is N#Cc1ccc(NC2(C(F)(F)F)CC2)cc1. The second-order valence-electron chi connectivity index (χ2n) is 3.89. The summed E-state index contributed by atoms with van der Waals surface area (Å²) >= 11 is 0. The van der Waals surface area contributed by atoms with Gasteiger partial charge in [-0.05, 0) is 37.1 Å². The lowest BCUT2D eigenvalue weighted by atomic mass is 10.2. The van der Waals surface area contributed by atoms with E-state index in [-0.39, 0.29) is 12.8 Å². The first-order chi connectivity index (χ1) is 7.47. The van der Waals surface area contributed by atoms with Crippen molar-refractivity contribution < 1.29 is 13.2 Å². The summed E-state index contributed by atoms with van der Waals surface area (Å²) in [6, 6.07) is 7.88. The van der Waals surface area contributed by atoms with E-state index >= 15 is 0 Å². The fourth-order valence-corrected chi connectivity index (χ4v) is 1.51. The maximum atomic E-state index is 12.6. The zero-order valence-electron chi connectivity index (χ0n) is 8.30. The Balaban J connectivity index is 2.13. The lowest BCUT2D eigenvalue weighted by Gasteiger charge is -2.21. The number of halogens is 3. The molecule has 1 fully saturated rings. The Morgan fingerprint density at radius 3 is 2.12 bits per heavy atom. The molecule has 1 aromatic carbocycles. The fourth-order valence-electron chi connectivity index (χ4n) is 1.51. The van der Waals surface area contributed by atoms with E-state index in [2.05, 4.69) is 5.32 Å². The van der Waals surface area contributed by atoms with Crippen LogP contribution in [0.4, 0.5) is 18.9 Å². The number of nitrogens with zero attached hydrogens (tertiary/aromatic N) is 1. The molecule has 0 heterocycles. The molecule has 0 unspecified atom stereocenters. The first-order valence-electron chi connectivity index (χ1n) is 4.82. The van der Waals surface area contributed by atoms with E-state index in [9.17, 15) is 13.2 Å². The summed E-state index contributed by atoms with van der Waals surface area (Å²) in [6.45, 7) is 0. The van der Waals surface area contributed by atoms with Gasteiger partial charge in [0.15, 0.2) is 0 Å². The van der Waals surface area contributed by atoms with Crippen molar-refractivity contribution in [1.29, 1.82) is 5.26 Å². The molecule has 2 rings (SSSR count). The number of benzene rings is 1. The van der Waals surface area contributed by atoms with Gasteiger partial charge in [0.05, 0.1) is 11.6 Å². The first kappa shape index (κ1) is 10.8. The normalized spacial score (nSPS) is 17.6. The summed E-state index contributed by atoms with van der Waals surface area (Å²) < 4.78 is 37.8. The number of hydrogen-bond donors (Lipinski definition) is 1. The van der Waals surface area contributed by atoms with Crippen LogP contribution in [0.5, 0.6) is 0 Å². The number of anilines is 1. The molecule has 0 spiro atoms. The number of nitriles is 1. The average molecular weight is 226 g/mol. The van der Waals surface area contributed by atoms with E-state index in [4.69, 9.17) is 5.26 Å². The smallest absolute Gasteiger partial charge is 0.372 e.